The Morgan fingerprint density at radius 2 is 1.90 bits per heavy atom. The molecule has 0 bridgehead atoms. The van der Waals surface area contributed by atoms with Crippen LogP contribution in [0.3, 0.4) is 0 Å². The highest BCUT2D eigenvalue weighted by atomic mass is 16.2. The summed E-state index contributed by atoms with van der Waals surface area (Å²) in [5.74, 6) is -1.27. The maximum Gasteiger partial charge on any atom is 0.316 e. The number of anilines is 2. The summed E-state index contributed by atoms with van der Waals surface area (Å²) >= 11 is 0. The molecule has 0 aliphatic heterocycles. The second-order valence-electron chi connectivity index (χ2n) is 4.08. The van der Waals surface area contributed by atoms with Crippen molar-refractivity contribution in [3.05, 3.63) is 54.9 Å². The van der Waals surface area contributed by atoms with Gasteiger partial charge in [-0.2, -0.15) is 0 Å². The lowest BCUT2D eigenvalue weighted by Crippen LogP contribution is -2.39. The molecule has 102 valence electrons. The standard InChI is InChI=1S/C15H15N3O2/c1-2-18(13-8-4-3-5-9-13)15(20)14(19)17-12-7-6-10-16-11-12/h3-11H,2H2,1H3,(H,17,19). The molecular formula is C15H15N3O2. The topological polar surface area (TPSA) is 62.3 Å². The molecule has 2 rings (SSSR count). The number of hydrogen-bond acceptors (Lipinski definition) is 3. The third kappa shape index (κ3) is 3.20. The van der Waals surface area contributed by atoms with Gasteiger partial charge in [0, 0.05) is 18.4 Å². The lowest BCUT2D eigenvalue weighted by Gasteiger charge is -2.20. The summed E-state index contributed by atoms with van der Waals surface area (Å²) in [5, 5.41) is 2.53. The molecule has 0 aliphatic carbocycles. The third-order valence-corrected chi connectivity index (χ3v) is 2.74. The molecular weight excluding hydrogens is 254 g/mol. The summed E-state index contributed by atoms with van der Waals surface area (Å²) in [6.07, 6.45) is 3.09. The summed E-state index contributed by atoms with van der Waals surface area (Å²) in [4.78, 5) is 29.4. The number of nitrogens with zero attached hydrogens (tertiary/aromatic N) is 2. The number of carbonyl (C=O) groups is 2. The van der Waals surface area contributed by atoms with Crippen LogP contribution in [0.2, 0.25) is 0 Å². The number of amides is 2. The van der Waals surface area contributed by atoms with Crippen LogP contribution in [0.15, 0.2) is 54.9 Å². The van der Waals surface area contributed by atoms with E-state index in [4.69, 9.17) is 0 Å². The third-order valence-electron chi connectivity index (χ3n) is 2.74. The van der Waals surface area contributed by atoms with Crippen LogP contribution in [0.25, 0.3) is 0 Å². The Bertz CT molecular complexity index is 585. The average molecular weight is 269 g/mol. The molecule has 0 aliphatic rings. The van der Waals surface area contributed by atoms with Gasteiger partial charge in [0.1, 0.15) is 0 Å². The zero-order valence-electron chi connectivity index (χ0n) is 11.1. The van der Waals surface area contributed by atoms with E-state index < -0.39 is 11.8 Å². The van der Waals surface area contributed by atoms with E-state index in [1.807, 2.05) is 25.1 Å². The van der Waals surface area contributed by atoms with Gasteiger partial charge in [-0.3, -0.25) is 14.6 Å². The van der Waals surface area contributed by atoms with Crippen molar-refractivity contribution in [1.82, 2.24) is 4.98 Å². The molecule has 1 aromatic carbocycles. The monoisotopic (exact) mass is 269 g/mol. The summed E-state index contributed by atoms with van der Waals surface area (Å²) in [6, 6.07) is 12.5. The molecule has 1 heterocycles. The van der Waals surface area contributed by atoms with Gasteiger partial charge in [0.2, 0.25) is 0 Å². The lowest BCUT2D eigenvalue weighted by atomic mass is 10.2. The number of rotatable bonds is 3. The molecule has 5 nitrogen and oxygen atoms in total. The van der Waals surface area contributed by atoms with Gasteiger partial charge in [0.25, 0.3) is 0 Å². The van der Waals surface area contributed by atoms with Crippen LogP contribution in [0.5, 0.6) is 0 Å². The average Bonchev–Trinajstić information content (AvgIpc) is 2.50. The van der Waals surface area contributed by atoms with E-state index in [0.717, 1.165) is 0 Å². The van der Waals surface area contributed by atoms with Crippen LogP contribution >= 0.6 is 0 Å². The minimum atomic E-state index is -0.677. The van der Waals surface area contributed by atoms with Gasteiger partial charge in [-0.25, -0.2) is 0 Å². The molecule has 0 fully saturated rings. The first kappa shape index (κ1) is 13.7. The Labute approximate surface area is 117 Å². The molecule has 1 N–H and O–H groups in total. The van der Waals surface area contributed by atoms with Gasteiger partial charge in [0.15, 0.2) is 0 Å². The normalized spacial score (nSPS) is 9.85. The molecule has 0 unspecified atom stereocenters. The van der Waals surface area contributed by atoms with Gasteiger partial charge in [-0.1, -0.05) is 18.2 Å². The van der Waals surface area contributed by atoms with E-state index in [9.17, 15) is 9.59 Å². The predicted octanol–water partition coefficient (Wildman–Crippen LogP) is 2.07. The maximum absolute atomic E-state index is 12.2. The van der Waals surface area contributed by atoms with Crippen LogP contribution < -0.4 is 10.2 Å². The zero-order valence-corrected chi connectivity index (χ0v) is 11.1. The van der Waals surface area contributed by atoms with Gasteiger partial charge < -0.3 is 10.2 Å². The van der Waals surface area contributed by atoms with Gasteiger partial charge in [-0.05, 0) is 31.2 Å². The first-order chi connectivity index (χ1) is 9.72. The fourth-order valence-corrected chi connectivity index (χ4v) is 1.80. The molecule has 2 amide bonds. The van der Waals surface area contributed by atoms with Crippen molar-refractivity contribution in [2.75, 3.05) is 16.8 Å². The van der Waals surface area contributed by atoms with Crippen LogP contribution in [-0.2, 0) is 9.59 Å². The number of hydrogen-bond donors (Lipinski definition) is 1. The van der Waals surface area contributed by atoms with Crippen molar-refractivity contribution in [2.24, 2.45) is 0 Å². The number of aromatic nitrogens is 1. The van der Waals surface area contributed by atoms with Crippen molar-refractivity contribution in [3.8, 4) is 0 Å². The first-order valence-corrected chi connectivity index (χ1v) is 6.30. The zero-order chi connectivity index (χ0) is 14.4. The molecule has 0 spiro atoms. The second-order valence-corrected chi connectivity index (χ2v) is 4.08. The fraction of sp³-hybridized carbons (Fsp3) is 0.133. The van der Waals surface area contributed by atoms with E-state index in [0.29, 0.717) is 17.9 Å². The van der Waals surface area contributed by atoms with Gasteiger partial charge in [0.05, 0.1) is 11.9 Å². The number of para-hydroxylation sites is 1. The molecule has 1 aromatic heterocycles. The molecule has 0 atom stereocenters. The van der Waals surface area contributed by atoms with E-state index in [2.05, 4.69) is 10.3 Å². The molecule has 0 saturated heterocycles. The summed E-state index contributed by atoms with van der Waals surface area (Å²) in [7, 11) is 0. The van der Waals surface area contributed by atoms with Crippen LogP contribution in [-0.4, -0.2) is 23.3 Å². The van der Waals surface area contributed by atoms with E-state index >= 15 is 0 Å². The number of benzene rings is 1. The van der Waals surface area contributed by atoms with Crippen molar-refractivity contribution in [3.63, 3.8) is 0 Å². The second kappa shape index (κ2) is 6.47. The molecule has 0 saturated carbocycles. The van der Waals surface area contributed by atoms with E-state index in [1.165, 1.54) is 11.1 Å². The van der Waals surface area contributed by atoms with E-state index in [1.54, 1.807) is 30.5 Å². The Hall–Kier alpha value is -2.69. The molecule has 20 heavy (non-hydrogen) atoms. The Balaban J connectivity index is 2.11. The number of carbonyl (C=O) groups excluding carboxylic acids is 2. The van der Waals surface area contributed by atoms with E-state index in [-0.39, 0.29) is 0 Å². The molecule has 0 radical (unpaired) electrons. The Morgan fingerprint density at radius 3 is 2.50 bits per heavy atom. The minimum absolute atomic E-state index is 0.420. The van der Waals surface area contributed by atoms with Crippen LogP contribution in [0, 0.1) is 0 Å². The first-order valence-electron chi connectivity index (χ1n) is 6.30. The lowest BCUT2D eigenvalue weighted by molar-refractivity contribution is -0.134. The molecule has 2 aromatic rings. The van der Waals surface area contributed by atoms with Crippen molar-refractivity contribution < 1.29 is 9.59 Å². The fourth-order valence-electron chi connectivity index (χ4n) is 1.80. The van der Waals surface area contributed by atoms with Gasteiger partial charge >= 0.3 is 11.8 Å². The predicted molar refractivity (Wildman–Crippen MR) is 77.3 cm³/mol. The number of likely N-dealkylation sites (N-methyl/N-ethyl adjacent to an activating group) is 1. The number of pyridine rings is 1. The largest absolute Gasteiger partial charge is 0.316 e. The smallest absolute Gasteiger partial charge is 0.316 e. The van der Waals surface area contributed by atoms with Crippen molar-refractivity contribution in [1.29, 1.82) is 0 Å². The van der Waals surface area contributed by atoms with Crippen LogP contribution in [0.4, 0.5) is 11.4 Å². The maximum atomic E-state index is 12.2. The quantitative estimate of drug-likeness (QED) is 0.868. The van der Waals surface area contributed by atoms with Crippen molar-refractivity contribution >= 4 is 23.2 Å². The highest BCUT2D eigenvalue weighted by Crippen LogP contribution is 2.13. The van der Waals surface area contributed by atoms with Crippen molar-refractivity contribution in [2.45, 2.75) is 6.92 Å². The van der Waals surface area contributed by atoms with Gasteiger partial charge in [-0.15, -0.1) is 0 Å². The molecule has 5 heteroatoms. The Kier molecular flexibility index (Phi) is 4.44. The summed E-state index contributed by atoms with van der Waals surface area (Å²) in [5.41, 5.74) is 1.19. The summed E-state index contributed by atoms with van der Waals surface area (Å²) < 4.78 is 0. The highest BCUT2D eigenvalue weighted by molar-refractivity contribution is 6.44. The SMILES string of the molecule is CCN(C(=O)C(=O)Nc1cccnc1)c1ccccc1. The highest BCUT2D eigenvalue weighted by Gasteiger charge is 2.21. The number of nitrogens with one attached hydrogen (secondary N) is 1. The Morgan fingerprint density at radius 1 is 1.15 bits per heavy atom. The summed E-state index contributed by atoms with van der Waals surface area (Å²) in [6.45, 7) is 2.24. The van der Waals surface area contributed by atoms with Crippen LogP contribution in [0.1, 0.15) is 6.92 Å². The minimum Gasteiger partial charge on any atom is -0.316 e.